The van der Waals surface area contributed by atoms with Crippen molar-refractivity contribution in [2.45, 2.75) is 52.9 Å². The lowest BCUT2D eigenvalue weighted by Gasteiger charge is -2.49. The molecule has 19 heavy (non-hydrogen) atoms. The summed E-state index contributed by atoms with van der Waals surface area (Å²) < 4.78 is 0. The highest BCUT2D eigenvalue weighted by Crippen LogP contribution is 2.67. The Kier molecular flexibility index (Phi) is 3.40. The highest BCUT2D eigenvalue weighted by Gasteiger charge is 2.70. The van der Waals surface area contributed by atoms with E-state index in [1.807, 2.05) is 0 Å². The summed E-state index contributed by atoms with van der Waals surface area (Å²) in [5, 5.41) is 9.65. The Balaban J connectivity index is 2.51. The van der Waals surface area contributed by atoms with Gasteiger partial charge in [0.15, 0.2) is 0 Å². The lowest BCUT2D eigenvalue weighted by molar-refractivity contribution is -0.165. The average molecular weight is 267 g/mol. The minimum Gasteiger partial charge on any atom is -0.481 e. The highest BCUT2D eigenvalue weighted by molar-refractivity contribution is 5.92. The van der Waals surface area contributed by atoms with Gasteiger partial charge in [0.2, 0.25) is 5.91 Å². The molecule has 0 radical (unpaired) electrons. The molecule has 2 saturated carbocycles. The molecule has 2 aliphatic carbocycles. The zero-order valence-corrected chi connectivity index (χ0v) is 12.1. The van der Waals surface area contributed by atoms with Gasteiger partial charge in [-0.25, -0.2) is 0 Å². The molecule has 3 N–H and O–H groups in total. The quantitative estimate of drug-likeness (QED) is 0.820. The molecule has 3 atom stereocenters. The predicted molar refractivity (Wildman–Crippen MR) is 72.3 cm³/mol. The van der Waals surface area contributed by atoms with E-state index >= 15 is 0 Å². The number of carbonyl (C=O) groups excluding carboxylic acids is 1. The largest absolute Gasteiger partial charge is 0.481 e. The van der Waals surface area contributed by atoms with Crippen molar-refractivity contribution in [3.8, 4) is 0 Å². The van der Waals surface area contributed by atoms with Crippen LogP contribution in [-0.4, -0.2) is 17.0 Å². The Morgan fingerprint density at radius 2 is 1.84 bits per heavy atom. The first-order valence-corrected chi connectivity index (χ1v) is 7.31. The first kappa shape index (κ1) is 14.4. The van der Waals surface area contributed by atoms with E-state index in [-0.39, 0.29) is 11.8 Å². The van der Waals surface area contributed by atoms with Crippen LogP contribution in [0.2, 0.25) is 0 Å². The van der Waals surface area contributed by atoms with Crippen LogP contribution in [-0.2, 0) is 9.59 Å². The van der Waals surface area contributed by atoms with Crippen LogP contribution >= 0.6 is 0 Å². The third kappa shape index (κ3) is 1.87. The number of carboxylic acids is 1. The summed E-state index contributed by atoms with van der Waals surface area (Å²) in [5.74, 6) is -0.459. The molecule has 0 aromatic carbocycles. The standard InChI is InChI=1S/C15H25NO3/c1-9(2)11-5-4-10(3)8-15(11,12(16)17)14(6-7-14)13(18)19/h9-11H,4-8H2,1-3H3,(H2,16,17)(H,18,19)/t10-,11-,15-/m0/s1. The maximum absolute atomic E-state index is 12.3. The van der Waals surface area contributed by atoms with E-state index < -0.39 is 22.7 Å². The molecule has 108 valence electrons. The molecule has 0 aliphatic heterocycles. The molecule has 0 aromatic heterocycles. The van der Waals surface area contributed by atoms with Crippen molar-refractivity contribution in [1.82, 2.24) is 0 Å². The smallest absolute Gasteiger partial charge is 0.310 e. The molecule has 4 heteroatoms. The molecule has 0 aromatic rings. The second-order valence-electron chi connectivity index (χ2n) is 6.96. The monoisotopic (exact) mass is 267 g/mol. The Hall–Kier alpha value is -1.06. The van der Waals surface area contributed by atoms with Crippen molar-refractivity contribution in [1.29, 1.82) is 0 Å². The summed E-state index contributed by atoms with van der Waals surface area (Å²) in [7, 11) is 0. The van der Waals surface area contributed by atoms with Crippen LogP contribution in [0.4, 0.5) is 0 Å². The van der Waals surface area contributed by atoms with E-state index in [0.29, 0.717) is 25.2 Å². The van der Waals surface area contributed by atoms with E-state index in [9.17, 15) is 14.7 Å². The van der Waals surface area contributed by atoms with Crippen molar-refractivity contribution in [3.05, 3.63) is 0 Å². The van der Waals surface area contributed by atoms with E-state index in [1.54, 1.807) is 0 Å². The minimum atomic E-state index is -0.886. The summed E-state index contributed by atoms with van der Waals surface area (Å²) in [6.45, 7) is 6.26. The van der Waals surface area contributed by atoms with Crippen molar-refractivity contribution in [2.75, 3.05) is 0 Å². The lowest BCUT2D eigenvalue weighted by Crippen LogP contribution is -2.56. The third-order valence-corrected chi connectivity index (χ3v) is 5.53. The number of carbonyl (C=O) groups is 2. The zero-order valence-electron chi connectivity index (χ0n) is 12.1. The van der Waals surface area contributed by atoms with E-state index in [1.165, 1.54) is 0 Å². The van der Waals surface area contributed by atoms with Crippen molar-refractivity contribution < 1.29 is 14.7 Å². The van der Waals surface area contributed by atoms with E-state index in [0.717, 1.165) is 12.8 Å². The van der Waals surface area contributed by atoms with Crippen LogP contribution < -0.4 is 5.73 Å². The van der Waals surface area contributed by atoms with Gasteiger partial charge in [-0.3, -0.25) is 9.59 Å². The van der Waals surface area contributed by atoms with Gasteiger partial charge >= 0.3 is 5.97 Å². The van der Waals surface area contributed by atoms with Crippen molar-refractivity contribution in [2.24, 2.45) is 34.3 Å². The molecule has 4 nitrogen and oxygen atoms in total. The maximum atomic E-state index is 12.3. The van der Waals surface area contributed by atoms with Crippen LogP contribution in [0.5, 0.6) is 0 Å². The summed E-state index contributed by atoms with van der Waals surface area (Å²) in [6.07, 6.45) is 3.81. The van der Waals surface area contributed by atoms with Gasteiger partial charge in [0, 0.05) is 0 Å². The number of hydrogen-bond acceptors (Lipinski definition) is 2. The summed E-state index contributed by atoms with van der Waals surface area (Å²) >= 11 is 0. The second kappa shape index (κ2) is 4.50. The number of carboxylic acid groups (broad SMARTS) is 1. The van der Waals surface area contributed by atoms with Gasteiger partial charge in [0.05, 0.1) is 10.8 Å². The van der Waals surface area contributed by atoms with Crippen molar-refractivity contribution >= 4 is 11.9 Å². The lowest BCUT2D eigenvalue weighted by atomic mass is 9.52. The number of aliphatic carboxylic acids is 1. The van der Waals surface area contributed by atoms with Gasteiger partial charge in [-0.2, -0.15) is 0 Å². The Labute approximate surface area is 114 Å². The molecule has 0 unspecified atom stereocenters. The fourth-order valence-electron chi connectivity index (χ4n) is 4.46. The zero-order chi connectivity index (χ0) is 14.4. The molecular formula is C15H25NO3. The number of primary amides is 1. The number of rotatable bonds is 4. The highest BCUT2D eigenvalue weighted by atomic mass is 16.4. The Morgan fingerprint density at radius 3 is 2.21 bits per heavy atom. The van der Waals surface area contributed by atoms with Gasteiger partial charge < -0.3 is 10.8 Å². The summed E-state index contributed by atoms with van der Waals surface area (Å²) in [4.78, 5) is 24.0. The van der Waals surface area contributed by atoms with Gasteiger partial charge in [-0.1, -0.05) is 27.2 Å². The minimum absolute atomic E-state index is 0.0970. The number of amides is 1. The van der Waals surface area contributed by atoms with E-state index in [4.69, 9.17) is 5.73 Å². The molecule has 0 bridgehead atoms. The van der Waals surface area contributed by atoms with E-state index in [2.05, 4.69) is 20.8 Å². The number of hydrogen-bond donors (Lipinski definition) is 2. The van der Waals surface area contributed by atoms with Gasteiger partial charge in [0.1, 0.15) is 0 Å². The molecule has 0 saturated heterocycles. The maximum Gasteiger partial charge on any atom is 0.310 e. The van der Waals surface area contributed by atoms with Crippen LogP contribution in [0.15, 0.2) is 0 Å². The van der Waals surface area contributed by atoms with Gasteiger partial charge in [-0.15, -0.1) is 0 Å². The molecule has 0 spiro atoms. The second-order valence-corrected chi connectivity index (χ2v) is 6.96. The summed E-state index contributed by atoms with van der Waals surface area (Å²) in [5.41, 5.74) is 4.03. The van der Waals surface area contributed by atoms with Crippen LogP contribution in [0.1, 0.15) is 52.9 Å². The SMILES string of the molecule is CC(C)[C@@H]1CC[C@H](C)C[C@]1(C(N)=O)C1(C(=O)O)CC1. The first-order chi connectivity index (χ1) is 8.78. The van der Waals surface area contributed by atoms with Crippen LogP contribution in [0, 0.1) is 28.6 Å². The molecule has 0 heterocycles. The van der Waals surface area contributed by atoms with Gasteiger partial charge in [-0.05, 0) is 43.4 Å². The Bertz CT molecular complexity index is 400. The predicted octanol–water partition coefficient (Wildman–Crippen LogP) is 2.42. The molecular weight excluding hydrogens is 242 g/mol. The third-order valence-electron chi connectivity index (χ3n) is 5.53. The fraction of sp³-hybridized carbons (Fsp3) is 0.867. The van der Waals surface area contributed by atoms with Crippen LogP contribution in [0.3, 0.4) is 0 Å². The van der Waals surface area contributed by atoms with Gasteiger partial charge in [0.25, 0.3) is 0 Å². The molecule has 2 aliphatic rings. The molecule has 2 rings (SSSR count). The Morgan fingerprint density at radius 1 is 1.26 bits per heavy atom. The van der Waals surface area contributed by atoms with Crippen LogP contribution in [0.25, 0.3) is 0 Å². The first-order valence-electron chi connectivity index (χ1n) is 7.31. The molecule has 1 amide bonds. The summed E-state index contributed by atoms with van der Waals surface area (Å²) in [6, 6.07) is 0. The topological polar surface area (TPSA) is 80.4 Å². The van der Waals surface area contributed by atoms with Crippen molar-refractivity contribution in [3.63, 3.8) is 0 Å². The fourth-order valence-corrected chi connectivity index (χ4v) is 4.46. The normalized spacial score (nSPS) is 37.1. The number of nitrogens with two attached hydrogens (primary N) is 1. The average Bonchev–Trinajstić information content (AvgIpc) is 3.08. The molecule has 2 fully saturated rings.